The number of hydrogen-bond donors (Lipinski definition) is 3. The molecule has 1 unspecified atom stereocenters. The van der Waals surface area contributed by atoms with Crippen LogP contribution in [-0.4, -0.2) is 15.9 Å². The van der Waals surface area contributed by atoms with Crippen molar-refractivity contribution < 1.29 is 4.79 Å². The molecule has 0 aliphatic rings. The van der Waals surface area contributed by atoms with Gasteiger partial charge in [0, 0.05) is 12.2 Å². The maximum atomic E-state index is 12.5. The summed E-state index contributed by atoms with van der Waals surface area (Å²) in [5.41, 5.74) is 4.26. The average Bonchev–Trinajstić information content (AvgIpc) is 3.18. The Hall–Kier alpha value is -3.15. The van der Waals surface area contributed by atoms with Crippen LogP contribution in [-0.2, 0) is 6.54 Å². The van der Waals surface area contributed by atoms with E-state index in [4.69, 9.17) is 16.6 Å². The van der Waals surface area contributed by atoms with E-state index in [0.717, 1.165) is 28.1 Å². The number of aromatic amines is 1. The van der Waals surface area contributed by atoms with E-state index in [1.807, 2.05) is 48.5 Å². The fourth-order valence-electron chi connectivity index (χ4n) is 3.60. The van der Waals surface area contributed by atoms with Crippen molar-refractivity contribution in [2.24, 2.45) is 5.92 Å². The van der Waals surface area contributed by atoms with Crippen molar-refractivity contribution in [2.45, 2.75) is 26.4 Å². The summed E-state index contributed by atoms with van der Waals surface area (Å²) in [7, 11) is 0. The summed E-state index contributed by atoms with van der Waals surface area (Å²) in [5.74, 6) is 1.06. The number of halogens is 1. The molecule has 31 heavy (non-hydrogen) atoms. The van der Waals surface area contributed by atoms with Crippen LogP contribution in [0, 0.1) is 5.92 Å². The fourth-order valence-corrected chi connectivity index (χ4v) is 3.82. The Balaban J connectivity index is 1.46. The average molecular weight is 433 g/mol. The maximum Gasteiger partial charge on any atom is 0.257 e. The van der Waals surface area contributed by atoms with E-state index >= 15 is 0 Å². The van der Waals surface area contributed by atoms with Gasteiger partial charge >= 0.3 is 0 Å². The number of carbonyl (C=O) groups is 1. The molecule has 1 amide bonds. The van der Waals surface area contributed by atoms with Gasteiger partial charge in [-0.25, -0.2) is 4.98 Å². The van der Waals surface area contributed by atoms with Crippen molar-refractivity contribution in [3.05, 3.63) is 94.8 Å². The topological polar surface area (TPSA) is 69.8 Å². The predicted octanol–water partition coefficient (Wildman–Crippen LogP) is 5.96. The lowest BCUT2D eigenvalue weighted by atomic mass is 10.0. The molecule has 158 valence electrons. The van der Waals surface area contributed by atoms with Crippen molar-refractivity contribution in [1.29, 1.82) is 0 Å². The molecule has 1 aromatic heterocycles. The second kappa shape index (κ2) is 9.33. The van der Waals surface area contributed by atoms with Crippen molar-refractivity contribution in [3.63, 3.8) is 0 Å². The summed E-state index contributed by atoms with van der Waals surface area (Å²) in [5, 5.41) is 6.97. The summed E-state index contributed by atoms with van der Waals surface area (Å²) in [6.07, 6.45) is 0. The highest BCUT2D eigenvalue weighted by Gasteiger charge is 2.19. The smallest absolute Gasteiger partial charge is 0.257 e. The van der Waals surface area contributed by atoms with Crippen LogP contribution in [0.25, 0.3) is 11.0 Å². The predicted molar refractivity (Wildman–Crippen MR) is 126 cm³/mol. The van der Waals surface area contributed by atoms with Gasteiger partial charge in [-0.2, -0.15) is 0 Å². The number of nitrogens with zero attached hydrogens (tertiary/aromatic N) is 1. The van der Waals surface area contributed by atoms with Crippen molar-refractivity contribution in [2.75, 3.05) is 5.32 Å². The van der Waals surface area contributed by atoms with Crippen molar-refractivity contribution >= 4 is 34.2 Å². The Kier molecular flexibility index (Phi) is 6.35. The second-order valence-electron chi connectivity index (χ2n) is 7.88. The number of H-pyrrole nitrogens is 1. The summed E-state index contributed by atoms with van der Waals surface area (Å²) in [6.45, 7) is 4.99. The summed E-state index contributed by atoms with van der Waals surface area (Å²) in [4.78, 5) is 20.7. The Labute approximate surface area is 186 Å². The zero-order chi connectivity index (χ0) is 21.8. The highest BCUT2D eigenvalue weighted by molar-refractivity contribution is 6.34. The number of rotatable bonds is 7. The molecule has 0 spiro atoms. The molecule has 0 saturated carbocycles. The van der Waals surface area contributed by atoms with Gasteiger partial charge in [0.15, 0.2) is 0 Å². The maximum absolute atomic E-state index is 12.5. The quantitative estimate of drug-likeness (QED) is 0.337. The minimum atomic E-state index is -0.224. The molecule has 0 fully saturated rings. The van der Waals surface area contributed by atoms with Gasteiger partial charge in [0.25, 0.3) is 5.91 Å². The lowest BCUT2D eigenvalue weighted by molar-refractivity contribution is 0.102. The van der Waals surface area contributed by atoms with Crippen molar-refractivity contribution in [3.8, 4) is 0 Å². The third-order valence-electron chi connectivity index (χ3n) is 5.20. The fraction of sp³-hybridized carbons (Fsp3) is 0.200. The van der Waals surface area contributed by atoms with E-state index in [1.54, 1.807) is 24.3 Å². The van der Waals surface area contributed by atoms with Gasteiger partial charge in [-0.15, -0.1) is 0 Å². The minimum Gasteiger partial charge on any atom is -0.341 e. The zero-order valence-electron chi connectivity index (χ0n) is 17.5. The van der Waals surface area contributed by atoms with Gasteiger partial charge in [0.2, 0.25) is 0 Å². The van der Waals surface area contributed by atoms with Gasteiger partial charge in [-0.05, 0) is 47.9 Å². The van der Waals surface area contributed by atoms with Gasteiger partial charge in [0.05, 0.1) is 27.7 Å². The lowest BCUT2D eigenvalue weighted by Crippen LogP contribution is -2.26. The second-order valence-corrected chi connectivity index (χ2v) is 8.28. The van der Waals surface area contributed by atoms with Gasteiger partial charge < -0.3 is 15.6 Å². The molecule has 0 aliphatic heterocycles. The molecule has 0 saturated heterocycles. The first-order chi connectivity index (χ1) is 15.0. The molecule has 3 aromatic carbocycles. The number of fused-ring (bicyclic) bond motifs is 1. The van der Waals surface area contributed by atoms with Gasteiger partial charge in [-0.1, -0.05) is 61.8 Å². The molecule has 1 heterocycles. The number of anilines is 1. The van der Waals surface area contributed by atoms with E-state index in [1.165, 1.54) is 0 Å². The zero-order valence-corrected chi connectivity index (χ0v) is 18.3. The molecule has 3 N–H and O–H groups in total. The first kappa shape index (κ1) is 21.1. The molecule has 6 heteroatoms. The third kappa shape index (κ3) is 4.95. The Bertz CT molecular complexity index is 1170. The molecule has 4 rings (SSSR count). The Morgan fingerprint density at radius 2 is 1.81 bits per heavy atom. The van der Waals surface area contributed by atoms with Gasteiger partial charge in [-0.3, -0.25) is 4.79 Å². The highest BCUT2D eigenvalue weighted by Crippen LogP contribution is 2.23. The number of nitrogens with one attached hydrogen (secondary N) is 3. The molecular weight excluding hydrogens is 408 g/mol. The van der Waals surface area contributed by atoms with Crippen LogP contribution in [0.4, 0.5) is 5.69 Å². The standard InChI is InChI=1S/C25H25ClN4O/c1-16(2)23(24-29-21-12-5-6-13-22(21)30-24)27-15-17-8-7-9-18(14-17)28-25(31)19-10-3-4-11-20(19)26/h3-14,16,23,27H,15H2,1-2H3,(H,28,31)(H,29,30). The van der Waals surface area contributed by atoms with Crippen LogP contribution in [0.1, 0.15) is 41.6 Å². The summed E-state index contributed by atoms with van der Waals surface area (Å²) in [6, 6.07) is 23.0. The first-order valence-electron chi connectivity index (χ1n) is 10.3. The normalized spacial score (nSPS) is 12.3. The van der Waals surface area contributed by atoms with E-state index in [9.17, 15) is 4.79 Å². The van der Waals surface area contributed by atoms with Crippen LogP contribution in [0.3, 0.4) is 0 Å². The van der Waals surface area contributed by atoms with E-state index in [2.05, 4.69) is 29.5 Å². The van der Waals surface area contributed by atoms with Crippen LogP contribution in [0.5, 0.6) is 0 Å². The molecular formula is C25H25ClN4O. The number of imidazole rings is 1. The Morgan fingerprint density at radius 1 is 1.03 bits per heavy atom. The first-order valence-corrected chi connectivity index (χ1v) is 10.7. The van der Waals surface area contributed by atoms with E-state index in [0.29, 0.717) is 23.0 Å². The third-order valence-corrected chi connectivity index (χ3v) is 5.53. The number of benzene rings is 3. The molecule has 0 bridgehead atoms. The largest absolute Gasteiger partial charge is 0.341 e. The number of para-hydroxylation sites is 2. The molecule has 0 aliphatic carbocycles. The summed E-state index contributed by atoms with van der Waals surface area (Å²) < 4.78 is 0. The minimum absolute atomic E-state index is 0.0776. The van der Waals surface area contributed by atoms with E-state index < -0.39 is 0 Å². The monoisotopic (exact) mass is 432 g/mol. The number of aromatic nitrogens is 2. The van der Waals surface area contributed by atoms with Gasteiger partial charge in [0.1, 0.15) is 5.82 Å². The SMILES string of the molecule is CC(C)C(NCc1cccc(NC(=O)c2ccccc2Cl)c1)c1nc2ccccc2[nH]1. The molecule has 4 aromatic rings. The molecule has 5 nitrogen and oxygen atoms in total. The number of hydrogen-bond acceptors (Lipinski definition) is 3. The van der Waals surface area contributed by atoms with Crippen LogP contribution in [0.15, 0.2) is 72.8 Å². The van der Waals surface area contributed by atoms with Crippen LogP contribution < -0.4 is 10.6 Å². The summed E-state index contributed by atoms with van der Waals surface area (Å²) >= 11 is 6.14. The van der Waals surface area contributed by atoms with E-state index in [-0.39, 0.29) is 11.9 Å². The number of amides is 1. The Morgan fingerprint density at radius 3 is 2.58 bits per heavy atom. The van der Waals surface area contributed by atoms with Crippen LogP contribution >= 0.6 is 11.6 Å². The molecule has 1 atom stereocenters. The lowest BCUT2D eigenvalue weighted by Gasteiger charge is -2.20. The van der Waals surface area contributed by atoms with Crippen LogP contribution in [0.2, 0.25) is 5.02 Å². The molecule has 0 radical (unpaired) electrons. The highest BCUT2D eigenvalue weighted by atomic mass is 35.5. The van der Waals surface area contributed by atoms with Crippen molar-refractivity contribution in [1.82, 2.24) is 15.3 Å². The number of carbonyl (C=O) groups excluding carboxylic acids is 1.